The summed E-state index contributed by atoms with van der Waals surface area (Å²) in [7, 11) is 0. The lowest BCUT2D eigenvalue weighted by atomic mass is 9.89. The summed E-state index contributed by atoms with van der Waals surface area (Å²) in [6.45, 7) is 10.4. The topological polar surface area (TPSA) is 79.5 Å². The highest BCUT2D eigenvalue weighted by molar-refractivity contribution is 6.01. The number of rotatable bonds is 6. The third-order valence-electron chi connectivity index (χ3n) is 4.04. The van der Waals surface area contributed by atoms with Crippen LogP contribution in [0.25, 0.3) is 5.65 Å². The summed E-state index contributed by atoms with van der Waals surface area (Å²) in [6.07, 6.45) is 1.68. The molecule has 0 saturated heterocycles. The second kappa shape index (κ2) is 6.66. The van der Waals surface area contributed by atoms with Crippen molar-refractivity contribution in [3.8, 4) is 0 Å². The smallest absolute Gasteiger partial charge is 0.257 e. The second-order valence-corrected chi connectivity index (χ2v) is 6.92. The number of carbonyl (C=O) groups excluding carboxylic acids is 1. The molecule has 6 nitrogen and oxygen atoms in total. The van der Waals surface area contributed by atoms with Gasteiger partial charge in [0, 0.05) is 24.5 Å². The van der Waals surface area contributed by atoms with Crippen LogP contribution in [0.1, 0.15) is 54.1 Å². The summed E-state index contributed by atoms with van der Waals surface area (Å²) in [5, 5.41) is 16.6. The molecule has 0 radical (unpaired) electrons. The van der Waals surface area contributed by atoms with Gasteiger partial charge in [-0.05, 0) is 45.1 Å². The van der Waals surface area contributed by atoms with Crippen molar-refractivity contribution in [3.63, 3.8) is 0 Å². The van der Waals surface area contributed by atoms with E-state index in [2.05, 4.69) is 15.4 Å². The van der Waals surface area contributed by atoms with E-state index in [1.54, 1.807) is 4.52 Å². The first kappa shape index (κ1) is 17.4. The second-order valence-electron chi connectivity index (χ2n) is 6.92. The van der Waals surface area contributed by atoms with Gasteiger partial charge in [-0.25, -0.2) is 9.50 Å². The predicted molar refractivity (Wildman–Crippen MR) is 89.6 cm³/mol. The van der Waals surface area contributed by atoms with Crippen molar-refractivity contribution in [1.29, 1.82) is 0 Å². The van der Waals surface area contributed by atoms with E-state index in [1.165, 1.54) is 0 Å². The van der Waals surface area contributed by atoms with Crippen molar-refractivity contribution >= 4 is 11.6 Å². The van der Waals surface area contributed by atoms with Gasteiger partial charge in [0.25, 0.3) is 5.91 Å². The maximum Gasteiger partial charge on any atom is 0.257 e. The van der Waals surface area contributed by atoms with Crippen LogP contribution in [0.3, 0.4) is 0 Å². The Kier molecular flexibility index (Phi) is 5.04. The maximum atomic E-state index is 12.5. The maximum absolute atomic E-state index is 12.5. The molecule has 0 saturated carbocycles. The lowest BCUT2D eigenvalue weighted by Gasteiger charge is -2.21. The fourth-order valence-corrected chi connectivity index (χ4v) is 2.63. The fraction of sp³-hybridized carbons (Fsp3) is 0.588. The first-order valence-electron chi connectivity index (χ1n) is 7.98. The Bertz CT molecular complexity index is 719. The molecule has 126 valence electrons. The zero-order chi connectivity index (χ0) is 17.2. The Morgan fingerprint density at radius 3 is 2.70 bits per heavy atom. The minimum Gasteiger partial charge on any atom is -0.396 e. The van der Waals surface area contributed by atoms with E-state index in [0.29, 0.717) is 23.4 Å². The fourth-order valence-electron chi connectivity index (χ4n) is 2.63. The van der Waals surface area contributed by atoms with Gasteiger partial charge in [0.1, 0.15) is 5.56 Å². The van der Waals surface area contributed by atoms with Crippen molar-refractivity contribution in [1.82, 2.24) is 19.9 Å². The van der Waals surface area contributed by atoms with E-state index in [4.69, 9.17) is 0 Å². The van der Waals surface area contributed by atoms with E-state index in [-0.39, 0.29) is 17.9 Å². The molecule has 6 heteroatoms. The molecule has 0 unspecified atom stereocenters. The molecule has 23 heavy (non-hydrogen) atoms. The molecule has 1 amide bonds. The first-order chi connectivity index (χ1) is 10.7. The van der Waals surface area contributed by atoms with Crippen molar-refractivity contribution in [2.75, 3.05) is 13.2 Å². The molecule has 0 aliphatic heterocycles. The summed E-state index contributed by atoms with van der Waals surface area (Å²) in [5.41, 5.74) is 3.54. The summed E-state index contributed by atoms with van der Waals surface area (Å²) >= 11 is 0. The number of fused-ring (bicyclic) bond motifs is 1. The van der Waals surface area contributed by atoms with Crippen molar-refractivity contribution in [2.45, 2.75) is 47.5 Å². The van der Waals surface area contributed by atoms with Crippen LogP contribution in [0.15, 0.2) is 6.07 Å². The molecule has 0 aliphatic rings. The molecule has 2 aromatic rings. The van der Waals surface area contributed by atoms with Crippen LogP contribution in [-0.4, -0.2) is 38.8 Å². The highest BCUT2D eigenvalue weighted by Gasteiger charge is 2.20. The number of nitrogens with one attached hydrogen (secondary N) is 1. The monoisotopic (exact) mass is 318 g/mol. The van der Waals surface area contributed by atoms with Crippen LogP contribution >= 0.6 is 0 Å². The van der Waals surface area contributed by atoms with Gasteiger partial charge in [-0.15, -0.1) is 0 Å². The van der Waals surface area contributed by atoms with Gasteiger partial charge in [0.15, 0.2) is 5.65 Å². The van der Waals surface area contributed by atoms with E-state index in [1.807, 2.05) is 40.7 Å². The Morgan fingerprint density at radius 2 is 2.04 bits per heavy atom. The van der Waals surface area contributed by atoms with Crippen molar-refractivity contribution in [2.24, 2.45) is 5.41 Å². The van der Waals surface area contributed by atoms with Crippen LogP contribution in [0.5, 0.6) is 0 Å². The molecule has 2 rings (SSSR count). The molecule has 2 N–H and O–H groups in total. The SMILES string of the molecule is Cc1cc(C)n2nc(C)c(C(=O)NCCCC(C)(C)CO)c2n1. The minimum absolute atomic E-state index is 0.110. The summed E-state index contributed by atoms with van der Waals surface area (Å²) < 4.78 is 1.71. The Labute approximate surface area is 136 Å². The number of nitrogens with zero attached hydrogens (tertiary/aromatic N) is 3. The largest absolute Gasteiger partial charge is 0.396 e. The molecule has 0 fully saturated rings. The van der Waals surface area contributed by atoms with Crippen LogP contribution < -0.4 is 5.32 Å². The van der Waals surface area contributed by atoms with Crippen molar-refractivity contribution in [3.05, 3.63) is 28.7 Å². The molecule has 0 spiro atoms. The molecule has 2 aromatic heterocycles. The quantitative estimate of drug-likeness (QED) is 0.800. The zero-order valence-corrected chi connectivity index (χ0v) is 14.6. The van der Waals surface area contributed by atoms with Gasteiger partial charge in [0.2, 0.25) is 0 Å². The Morgan fingerprint density at radius 1 is 1.35 bits per heavy atom. The number of amides is 1. The zero-order valence-electron chi connectivity index (χ0n) is 14.6. The van der Waals surface area contributed by atoms with E-state index < -0.39 is 0 Å². The normalized spacial score (nSPS) is 11.9. The third-order valence-corrected chi connectivity index (χ3v) is 4.04. The van der Waals surface area contributed by atoms with Gasteiger partial charge in [-0.3, -0.25) is 4.79 Å². The average Bonchev–Trinajstić information content (AvgIpc) is 2.80. The van der Waals surface area contributed by atoms with E-state index >= 15 is 0 Å². The standard InChI is InChI=1S/C17H26N4O2/c1-11-9-12(2)21-15(19-11)14(13(3)20-21)16(23)18-8-6-7-17(4,5)10-22/h9,22H,6-8,10H2,1-5H3,(H,18,23). The number of aryl methyl sites for hydroxylation is 3. The van der Waals surface area contributed by atoms with Gasteiger partial charge in [0.05, 0.1) is 5.69 Å². The minimum atomic E-state index is -0.142. The van der Waals surface area contributed by atoms with Gasteiger partial charge in [-0.1, -0.05) is 13.8 Å². The number of carbonyl (C=O) groups is 1. The number of aromatic nitrogens is 3. The summed E-state index contributed by atoms with van der Waals surface area (Å²) in [5.74, 6) is -0.142. The lowest BCUT2D eigenvalue weighted by Crippen LogP contribution is -2.27. The highest BCUT2D eigenvalue weighted by Crippen LogP contribution is 2.20. The number of hydrogen-bond donors (Lipinski definition) is 2. The average molecular weight is 318 g/mol. The third kappa shape index (κ3) is 3.88. The molecule has 0 bridgehead atoms. The van der Waals surface area contributed by atoms with Crippen LogP contribution in [0.2, 0.25) is 0 Å². The number of aliphatic hydroxyl groups is 1. The van der Waals surface area contributed by atoms with E-state index in [9.17, 15) is 9.90 Å². The van der Waals surface area contributed by atoms with E-state index in [0.717, 1.165) is 24.2 Å². The van der Waals surface area contributed by atoms with Gasteiger partial charge in [-0.2, -0.15) is 5.10 Å². The first-order valence-corrected chi connectivity index (χ1v) is 7.98. The summed E-state index contributed by atoms with van der Waals surface area (Å²) in [6, 6.07) is 1.94. The van der Waals surface area contributed by atoms with Crippen LogP contribution in [-0.2, 0) is 0 Å². The van der Waals surface area contributed by atoms with Crippen LogP contribution in [0.4, 0.5) is 0 Å². The molecule has 2 heterocycles. The number of aliphatic hydroxyl groups excluding tert-OH is 1. The van der Waals surface area contributed by atoms with Crippen molar-refractivity contribution < 1.29 is 9.90 Å². The van der Waals surface area contributed by atoms with Gasteiger partial charge >= 0.3 is 0 Å². The van der Waals surface area contributed by atoms with Gasteiger partial charge < -0.3 is 10.4 Å². The molecular weight excluding hydrogens is 292 g/mol. The Hall–Kier alpha value is -1.95. The Balaban J connectivity index is 2.11. The molecule has 0 aliphatic carbocycles. The molecule has 0 atom stereocenters. The van der Waals surface area contributed by atoms with Crippen LogP contribution in [0, 0.1) is 26.2 Å². The predicted octanol–water partition coefficient (Wildman–Crippen LogP) is 2.18. The number of hydrogen-bond acceptors (Lipinski definition) is 4. The molecule has 0 aromatic carbocycles. The highest BCUT2D eigenvalue weighted by atomic mass is 16.3. The molecular formula is C17H26N4O2. The lowest BCUT2D eigenvalue weighted by molar-refractivity contribution is 0.0949. The summed E-state index contributed by atoms with van der Waals surface area (Å²) in [4.78, 5) is 17.0.